The molecule has 2 heterocycles. The van der Waals surface area contributed by atoms with Gasteiger partial charge >= 0.3 is 0 Å². The second-order valence-corrected chi connectivity index (χ2v) is 5.48. The van der Waals surface area contributed by atoms with Gasteiger partial charge in [0.2, 0.25) is 0 Å². The highest BCUT2D eigenvalue weighted by molar-refractivity contribution is 5.77. The fraction of sp³-hybridized carbons (Fsp3) is 0.294. The Balaban J connectivity index is 2.12. The van der Waals surface area contributed by atoms with Crippen molar-refractivity contribution in [2.75, 3.05) is 6.54 Å². The van der Waals surface area contributed by atoms with Crippen molar-refractivity contribution in [3.63, 3.8) is 0 Å². The van der Waals surface area contributed by atoms with Gasteiger partial charge in [0, 0.05) is 17.8 Å². The Labute approximate surface area is 124 Å². The number of aromatic nitrogens is 3. The van der Waals surface area contributed by atoms with Crippen LogP contribution in [-0.2, 0) is 6.42 Å². The smallest absolute Gasteiger partial charge is 0.160 e. The molecule has 0 saturated heterocycles. The average Bonchev–Trinajstić information content (AvgIpc) is 2.88. The van der Waals surface area contributed by atoms with Crippen LogP contribution in [-0.4, -0.2) is 21.1 Å². The molecule has 0 fully saturated rings. The lowest BCUT2D eigenvalue weighted by Gasteiger charge is -2.12. The van der Waals surface area contributed by atoms with Crippen LogP contribution in [0.1, 0.15) is 25.5 Å². The molecule has 3 aromatic rings. The van der Waals surface area contributed by atoms with Gasteiger partial charge in [0.15, 0.2) is 5.65 Å². The van der Waals surface area contributed by atoms with Crippen molar-refractivity contribution in [1.82, 2.24) is 14.5 Å². The van der Waals surface area contributed by atoms with Crippen molar-refractivity contribution in [3.8, 4) is 11.4 Å². The number of nitrogens with two attached hydrogens (primary N) is 1. The predicted molar refractivity (Wildman–Crippen MR) is 86.1 cm³/mol. The molecule has 0 saturated carbocycles. The Hall–Kier alpha value is -2.20. The number of benzene rings is 1. The molecule has 3 rings (SSSR count). The van der Waals surface area contributed by atoms with E-state index < -0.39 is 0 Å². The Kier molecular flexibility index (Phi) is 3.71. The SMILES string of the molecule is CC(C)n1c(-c2ccc(CCN)cc2)nc2cccnc21. The van der Waals surface area contributed by atoms with Gasteiger partial charge in [-0.1, -0.05) is 24.3 Å². The third-order valence-corrected chi connectivity index (χ3v) is 3.61. The summed E-state index contributed by atoms with van der Waals surface area (Å²) in [6, 6.07) is 12.7. The van der Waals surface area contributed by atoms with E-state index in [9.17, 15) is 0 Å². The molecule has 0 unspecified atom stereocenters. The van der Waals surface area contributed by atoms with Gasteiger partial charge in [-0.25, -0.2) is 9.97 Å². The molecule has 21 heavy (non-hydrogen) atoms. The zero-order chi connectivity index (χ0) is 14.8. The van der Waals surface area contributed by atoms with E-state index in [0.717, 1.165) is 29.0 Å². The Morgan fingerprint density at radius 1 is 1.14 bits per heavy atom. The van der Waals surface area contributed by atoms with E-state index in [1.54, 1.807) is 0 Å². The van der Waals surface area contributed by atoms with Crippen LogP contribution in [0.3, 0.4) is 0 Å². The minimum Gasteiger partial charge on any atom is -0.330 e. The minimum atomic E-state index is 0.309. The summed E-state index contributed by atoms with van der Waals surface area (Å²) < 4.78 is 2.19. The molecule has 0 amide bonds. The van der Waals surface area contributed by atoms with Gasteiger partial charge in [0.25, 0.3) is 0 Å². The maximum Gasteiger partial charge on any atom is 0.160 e. The number of imidazole rings is 1. The highest BCUT2D eigenvalue weighted by Crippen LogP contribution is 2.27. The zero-order valence-electron chi connectivity index (χ0n) is 12.5. The fourth-order valence-electron chi connectivity index (χ4n) is 2.61. The van der Waals surface area contributed by atoms with Gasteiger partial charge < -0.3 is 10.3 Å². The van der Waals surface area contributed by atoms with E-state index in [1.807, 2.05) is 18.3 Å². The number of fused-ring (bicyclic) bond motifs is 1. The van der Waals surface area contributed by atoms with E-state index >= 15 is 0 Å². The number of pyridine rings is 1. The van der Waals surface area contributed by atoms with Crippen LogP contribution in [0.15, 0.2) is 42.6 Å². The van der Waals surface area contributed by atoms with Gasteiger partial charge in [-0.15, -0.1) is 0 Å². The van der Waals surface area contributed by atoms with Crippen molar-refractivity contribution in [2.24, 2.45) is 5.73 Å². The number of hydrogen-bond acceptors (Lipinski definition) is 3. The minimum absolute atomic E-state index is 0.309. The second-order valence-electron chi connectivity index (χ2n) is 5.48. The lowest BCUT2D eigenvalue weighted by molar-refractivity contribution is 0.619. The molecule has 0 aliphatic heterocycles. The third-order valence-electron chi connectivity index (χ3n) is 3.61. The summed E-state index contributed by atoms with van der Waals surface area (Å²) in [4.78, 5) is 9.24. The summed E-state index contributed by atoms with van der Waals surface area (Å²) in [7, 11) is 0. The number of nitrogens with zero attached hydrogens (tertiary/aromatic N) is 3. The molecule has 2 N–H and O–H groups in total. The summed E-state index contributed by atoms with van der Waals surface area (Å²) >= 11 is 0. The monoisotopic (exact) mass is 280 g/mol. The summed E-state index contributed by atoms with van der Waals surface area (Å²) in [5, 5.41) is 0. The van der Waals surface area contributed by atoms with E-state index in [2.05, 4.69) is 47.7 Å². The molecular formula is C17H20N4. The normalized spacial score (nSPS) is 11.4. The topological polar surface area (TPSA) is 56.7 Å². The average molecular weight is 280 g/mol. The number of rotatable bonds is 4. The molecule has 108 valence electrons. The largest absolute Gasteiger partial charge is 0.330 e. The Morgan fingerprint density at radius 3 is 2.57 bits per heavy atom. The first-order valence-corrected chi connectivity index (χ1v) is 7.33. The zero-order valence-corrected chi connectivity index (χ0v) is 12.5. The molecule has 1 aromatic carbocycles. The maximum absolute atomic E-state index is 5.60. The molecular weight excluding hydrogens is 260 g/mol. The van der Waals surface area contributed by atoms with Crippen LogP contribution in [0, 0.1) is 0 Å². The predicted octanol–water partition coefficient (Wildman–Crippen LogP) is 3.18. The van der Waals surface area contributed by atoms with Crippen LogP contribution in [0.4, 0.5) is 0 Å². The summed E-state index contributed by atoms with van der Waals surface area (Å²) in [6.07, 6.45) is 2.72. The van der Waals surface area contributed by atoms with Crippen LogP contribution >= 0.6 is 0 Å². The molecule has 0 spiro atoms. The third kappa shape index (κ3) is 2.54. The summed E-state index contributed by atoms with van der Waals surface area (Å²) in [6.45, 7) is 4.98. The molecule has 0 aliphatic rings. The van der Waals surface area contributed by atoms with Crippen LogP contribution in [0.25, 0.3) is 22.6 Å². The van der Waals surface area contributed by atoms with Gasteiger partial charge in [-0.3, -0.25) is 0 Å². The van der Waals surface area contributed by atoms with Crippen LogP contribution in [0.2, 0.25) is 0 Å². The quantitative estimate of drug-likeness (QED) is 0.798. The number of hydrogen-bond donors (Lipinski definition) is 1. The van der Waals surface area contributed by atoms with E-state index in [0.29, 0.717) is 12.6 Å². The van der Waals surface area contributed by atoms with Gasteiger partial charge in [0.05, 0.1) is 0 Å². The summed E-state index contributed by atoms with van der Waals surface area (Å²) in [5.41, 5.74) is 9.85. The van der Waals surface area contributed by atoms with Crippen molar-refractivity contribution in [2.45, 2.75) is 26.3 Å². The molecule has 0 aliphatic carbocycles. The lowest BCUT2D eigenvalue weighted by Crippen LogP contribution is -2.04. The Morgan fingerprint density at radius 2 is 1.90 bits per heavy atom. The standard InChI is InChI=1S/C17H20N4/c1-12(2)21-16(20-15-4-3-11-19-17(15)21)14-7-5-13(6-8-14)9-10-18/h3-8,11-12H,9-10,18H2,1-2H3. The van der Waals surface area contributed by atoms with E-state index in [-0.39, 0.29) is 0 Å². The highest BCUT2D eigenvalue weighted by Gasteiger charge is 2.15. The van der Waals surface area contributed by atoms with Crippen molar-refractivity contribution < 1.29 is 0 Å². The maximum atomic E-state index is 5.60. The summed E-state index contributed by atoms with van der Waals surface area (Å²) in [5.74, 6) is 0.970. The molecule has 0 radical (unpaired) electrons. The van der Waals surface area contributed by atoms with Gasteiger partial charge in [-0.2, -0.15) is 0 Å². The van der Waals surface area contributed by atoms with Gasteiger partial charge in [-0.05, 0) is 44.5 Å². The van der Waals surface area contributed by atoms with E-state index in [1.165, 1.54) is 5.56 Å². The first kappa shape index (κ1) is 13.8. The van der Waals surface area contributed by atoms with Crippen molar-refractivity contribution >= 4 is 11.2 Å². The highest BCUT2D eigenvalue weighted by atomic mass is 15.1. The Bertz CT molecular complexity index is 741. The molecule has 0 atom stereocenters. The van der Waals surface area contributed by atoms with Gasteiger partial charge in [0.1, 0.15) is 11.3 Å². The van der Waals surface area contributed by atoms with E-state index in [4.69, 9.17) is 10.7 Å². The van der Waals surface area contributed by atoms with Crippen molar-refractivity contribution in [3.05, 3.63) is 48.2 Å². The van der Waals surface area contributed by atoms with Crippen LogP contribution < -0.4 is 5.73 Å². The van der Waals surface area contributed by atoms with Crippen molar-refractivity contribution in [1.29, 1.82) is 0 Å². The molecule has 0 bridgehead atoms. The lowest BCUT2D eigenvalue weighted by atomic mass is 10.1. The fourth-order valence-corrected chi connectivity index (χ4v) is 2.61. The molecule has 2 aromatic heterocycles. The van der Waals surface area contributed by atoms with Crippen LogP contribution in [0.5, 0.6) is 0 Å². The molecule has 4 heteroatoms. The molecule has 4 nitrogen and oxygen atoms in total. The first-order valence-electron chi connectivity index (χ1n) is 7.33. The second kappa shape index (κ2) is 5.66. The first-order chi connectivity index (χ1) is 10.2.